The maximum atomic E-state index is 11.9. The fourth-order valence-corrected chi connectivity index (χ4v) is 2.21. The van der Waals surface area contributed by atoms with Crippen LogP contribution in [0.4, 0.5) is 0 Å². The lowest BCUT2D eigenvalue weighted by Gasteiger charge is -2.35. The summed E-state index contributed by atoms with van der Waals surface area (Å²) < 4.78 is 5.30. The van der Waals surface area contributed by atoms with E-state index in [1.54, 1.807) is 0 Å². The highest BCUT2D eigenvalue weighted by molar-refractivity contribution is 5.77. The maximum absolute atomic E-state index is 11.9. The second kappa shape index (κ2) is 7.63. The normalized spacial score (nSPS) is 21.1. The lowest BCUT2D eigenvalue weighted by atomic mass is 9.99. The quantitative estimate of drug-likeness (QED) is 0.694. The van der Waals surface area contributed by atoms with Crippen LogP contribution in [-0.2, 0) is 9.53 Å². The Morgan fingerprint density at radius 1 is 1.50 bits per heavy atom. The summed E-state index contributed by atoms with van der Waals surface area (Å²) in [5, 5.41) is 0. The van der Waals surface area contributed by atoms with Crippen molar-refractivity contribution in [3.8, 4) is 0 Å². The lowest BCUT2D eigenvalue weighted by molar-refractivity contribution is -0.140. The van der Waals surface area contributed by atoms with E-state index in [0.717, 1.165) is 32.2 Å². The van der Waals surface area contributed by atoms with Gasteiger partial charge in [-0.1, -0.05) is 6.92 Å². The van der Waals surface area contributed by atoms with Gasteiger partial charge in [0.15, 0.2) is 0 Å². The zero-order chi connectivity index (χ0) is 11.8. The van der Waals surface area contributed by atoms with Gasteiger partial charge in [0.05, 0.1) is 0 Å². The predicted octanol–water partition coefficient (Wildman–Crippen LogP) is 1.14. The van der Waals surface area contributed by atoms with Gasteiger partial charge in [0.1, 0.15) is 6.61 Å². The van der Waals surface area contributed by atoms with E-state index in [0.29, 0.717) is 19.2 Å². The number of carbonyl (C=O) groups excluding carboxylic acids is 1. The largest absolute Gasteiger partial charge is 0.372 e. The van der Waals surface area contributed by atoms with Crippen LogP contribution in [0.5, 0.6) is 0 Å². The van der Waals surface area contributed by atoms with Crippen LogP contribution in [0.3, 0.4) is 0 Å². The van der Waals surface area contributed by atoms with E-state index in [1.165, 1.54) is 6.42 Å². The fraction of sp³-hybridized carbons (Fsp3) is 0.917. The number of hydrogen-bond acceptors (Lipinski definition) is 3. The molecule has 2 N–H and O–H groups in total. The summed E-state index contributed by atoms with van der Waals surface area (Å²) in [6, 6.07) is 0.344. The average molecular weight is 228 g/mol. The van der Waals surface area contributed by atoms with Crippen LogP contribution in [0.1, 0.15) is 39.0 Å². The van der Waals surface area contributed by atoms with Gasteiger partial charge in [-0.25, -0.2) is 0 Å². The first-order chi connectivity index (χ1) is 7.79. The Balaban J connectivity index is 2.37. The Bertz CT molecular complexity index is 207. The van der Waals surface area contributed by atoms with Crippen LogP contribution in [0.25, 0.3) is 0 Å². The van der Waals surface area contributed by atoms with Gasteiger partial charge in [-0.15, -0.1) is 0 Å². The van der Waals surface area contributed by atoms with E-state index in [-0.39, 0.29) is 12.5 Å². The van der Waals surface area contributed by atoms with Crippen molar-refractivity contribution in [2.75, 3.05) is 26.3 Å². The molecular weight excluding hydrogens is 204 g/mol. The minimum atomic E-state index is 0.131. The van der Waals surface area contributed by atoms with E-state index in [1.807, 2.05) is 11.8 Å². The van der Waals surface area contributed by atoms with Gasteiger partial charge >= 0.3 is 0 Å². The zero-order valence-electron chi connectivity index (χ0n) is 10.3. The fourth-order valence-electron chi connectivity index (χ4n) is 2.21. The van der Waals surface area contributed by atoms with Gasteiger partial charge in [0.2, 0.25) is 5.91 Å². The number of nitrogens with two attached hydrogens (primary N) is 1. The molecule has 1 heterocycles. The third-order valence-corrected chi connectivity index (χ3v) is 3.02. The summed E-state index contributed by atoms with van der Waals surface area (Å²) in [5.74, 6) is 0.131. The van der Waals surface area contributed by atoms with Gasteiger partial charge < -0.3 is 15.4 Å². The van der Waals surface area contributed by atoms with E-state index in [9.17, 15) is 4.79 Å². The van der Waals surface area contributed by atoms with Crippen LogP contribution in [0.2, 0.25) is 0 Å². The molecule has 1 aliphatic heterocycles. The average Bonchev–Trinajstić information content (AvgIpc) is 2.30. The van der Waals surface area contributed by atoms with Crippen molar-refractivity contribution in [3.63, 3.8) is 0 Å². The van der Waals surface area contributed by atoms with Crippen molar-refractivity contribution in [2.24, 2.45) is 5.73 Å². The molecule has 16 heavy (non-hydrogen) atoms. The Morgan fingerprint density at radius 3 is 3.00 bits per heavy atom. The number of piperidine rings is 1. The highest BCUT2D eigenvalue weighted by Crippen LogP contribution is 2.19. The molecule has 1 amide bonds. The number of hydrogen-bond donors (Lipinski definition) is 1. The first kappa shape index (κ1) is 13.5. The van der Waals surface area contributed by atoms with Crippen LogP contribution in [-0.4, -0.2) is 43.2 Å². The van der Waals surface area contributed by atoms with Gasteiger partial charge in [0, 0.05) is 19.2 Å². The molecular formula is C12H24N2O2. The zero-order valence-corrected chi connectivity index (χ0v) is 10.3. The van der Waals surface area contributed by atoms with Crippen LogP contribution in [0.15, 0.2) is 0 Å². The standard InChI is InChI=1S/C12H24N2O2/c1-2-9-16-10-12(15)14-8-4-3-5-11(14)6-7-13/h11H,2-10,13H2,1H3. The lowest BCUT2D eigenvalue weighted by Crippen LogP contribution is -2.46. The summed E-state index contributed by atoms with van der Waals surface area (Å²) in [6.07, 6.45) is 5.29. The van der Waals surface area contributed by atoms with Crippen molar-refractivity contribution >= 4 is 5.91 Å². The molecule has 1 unspecified atom stereocenters. The Kier molecular flexibility index (Phi) is 6.42. The van der Waals surface area contributed by atoms with Gasteiger partial charge in [-0.05, 0) is 38.6 Å². The molecule has 0 aromatic carbocycles. The topological polar surface area (TPSA) is 55.6 Å². The highest BCUT2D eigenvalue weighted by Gasteiger charge is 2.25. The molecule has 0 bridgehead atoms. The smallest absolute Gasteiger partial charge is 0.248 e. The Hall–Kier alpha value is -0.610. The number of carbonyl (C=O) groups is 1. The second-order valence-corrected chi connectivity index (χ2v) is 4.37. The maximum Gasteiger partial charge on any atom is 0.248 e. The summed E-state index contributed by atoms with van der Waals surface area (Å²) in [7, 11) is 0. The van der Waals surface area contributed by atoms with E-state index < -0.39 is 0 Å². The molecule has 0 aromatic rings. The highest BCUT2D eigenvalue weighted by atomic mass is 16.5. The monoisotopic (exact) mass is 228 g/mol. The van der Waals surface area contributed by atoms with Crippen molar-refractivity contribution in [1.82, 2.24) is 4.90 Å². The molecule has 1 rings (SSSR count). The van der Waals surface area contributed by atoms with Crippen LogP contribution in [0, 0.1) is 0 Å². The molecule has 0 aromatic heterocycles. The summed E-state index contributed by atoms with van der Waals surface area (Å²) in [6.45, 7) is 4.47. The van der Waals surface area contributed by atoms with Crippen LogP contribution < -0.4 is 5.73 Å². The Morgan fingerprint density at radius 2 is 2.31 bits per heavy atom. The van der Waals surface area contributed by atoms with E-state index >= 15 is 0 Å². The number of likely N-dealkylation sites (tertiary alicyclic amines) is 1. The van der Waals surface area contributed by atoms with E-state index in [4.69, 9.17) is 10.5 Å². The molecule has 0 spiro atoms. The van der Waals surface area contributed by atoms with Crippen molar-refractivity contribution in [1.29, 1.82) is 0 Å². The molecule has 0 aliphatic carbocycles. The molecule has 0 radical (unpaired) electrons. The minimum absolute atomic E-state index is 0.131. The van der Waals surface area contributed by atoms with Crippen molar-refractivity contribution in [2.45, 2.75) is 45.1 Å². The van der Waals surface area contributed by atoms with Crippen molar-refractivity contribution < 1.29 is 9.53 Å². The minimum Gasteiger partial charge on any atom is -0.372 e. The molecule has 1 atom stereocenters. The number of ether oxygens (including phenoxy) is 1. The first-order valence-corrected chi connectivity index (χ1v) is 6.36. The molecule has 4 heteroatoms. The summed E-state index contributed by atoms with van der Waals surface area (Å²) in [5.41, 5.74) is 5.57. The number of nitrogens with zero attached hydrogens (tertiary/aromatic N) is 1. The van der Waals surface area contributed by atoms with Gasteiger partial charge in [0.25, 0.3) is 0 Å². The molecule has 1 fully saturated rings. The molecule has 94 valence electrons. The van der Waals surface area contributed by atoms with Crippen LogP contribution >= 0.6 is 0 Å². The summed E-state index contributed by atoms with van der Waals surface area (Å²) in [4.78, 5) is 13.9. The first-order valence-electron chi connectivity index (χ1n) is 6.36. The van der Waals surface area contributed by atoms with E-state index in [2.05, 4.69) is 0 Å². The second-order valence-electron chi connectivity index (χ2n) is 4.37. The molecule has 4 nitrogen and oxygen atoms in total. The summed E-state index contributed by atoms with van der Waals surface area (Å²) >= 11 is 0. The third kappa shape index (κ3) is 4.10. The molecule has 1 saturated heterocycles. The third-order valence-electron chi connectivity index (χ3n) is 3.02. The molecule has 1 aliphatic rings. The number of amides is 1. The number of rotatable bonds is 6. The molecule has 0 saturated carbocycles. The van der Waals surface area contributed by atoms with Crippen molar-refractivity contribution in [3.05, 3.63) is 0 Å². The Labute approximate surface area is 98.1 Å². The SMILES string of the molecule is CCCOCC(=O)N1CCCCC1CCN. The van der Waals surface area contributed by atoms with Gasteiger partial charge in [-0.3, -0.25) is 4.79 Å². The van der Waals surface area contributed by atoms with Gasteiger partial charge in [-0.2, -0.15) is 0 Å². The predicted molar refractivity (Wildman–Crippen MR) is 64.1 cm³/mol.